The van der Waals surface area contributed by atoms with Gasteiger partial charge in [0.15, 0.2) is 0 Å². The van der Waals surface area contributed by atoms with Crippen LogP contribution in [0.1, 0.15) is 0 Å². The normalized spacial score (nSPS) is 10.9. The van der Waals surface area contributed by atoms with Gasteiger partial charge in [0.25, 0.3) is 10.0 Å². The maximum Gasteiger partial charge on any atom is 0.333 e. The molecule has 23 heavy (non-hydrogen) atoms. The van der Waals surface area contributed by atoms with Crippen LogP contribution in [0.15, 0.2) is 41.6 Å². The third-order valence-corrected chi connectivity index (χ3v) is 4.74. The fraction of sp³-hybridized carbons (Fsp3) is 0.0769. The van der Waals surface area contributed by atoms with Crippen LogP contribution in [0.4, 0.5) is 10.5 Å². The summed E-state index contributed by atoms with van der Waals surface area (Å²) < 4.78 is 31.2. The fourth-order valence-electron chi connectivity index (χ4n) is 1.65. The first-order valence-corrected chi connectivity index (χ1v) is 8.34. The Morgan fingerprint density at radius 1 is 1.22 bits per heavy atom. The molecule has 122 valence electrons. The molecule has 0 bridgehead atoms. The number of hydrogen-bond acceptors (Lipinski definition) is 5. The number of nitrogens with one attached hydrogen (secondary N) is 2. The minimum absolute atomic E-state index is 0.0647. The SMILES string of the molecule is COc1ccncc1S(=O)(=O)NC(=O)Nc1ccc(Cl)c(Cl)c1. The molecule has 2 aromatic rings. The highest BCUT2D eigenvalue weighted by atomic mass is 35.5. The van der Waals surface area contributed by atoms with Gasteiger partial charge >= 0.3 is 6.03 Å². The predicted octanol–water partition coefficient (Wildman–Crippen LogP) is 2.91. The van der Waals surface area contributed by atoms with Gasteiger partial charge in [0, 0.05) is 11.9 Å². The van der Waals surface area contributed by atoms with E-state index in [1.807, 2.05) is 4.72 Å². The number of benzene rings is 1. The van der Waals surface area contributed by atoms with E-state index in [2.05, 4.69) is 10.3 Å². The van der Waals surface area contributed by atoms with E-state index < -0.39 is 16.1 Å². The van der Waals surface area contributed by atoms with Crippen molar-refractivity contribution >= 4 is 44.9 Å². The second-order valence-electron chi connectivity index (χ2n) is 4.22. The van der Waals surface area contributed by atoms with Gasteiger partial charge in [-0.05, 0) is 24.3 Å². The number of carbonyl (C=O) groups is 1. The largest absolute Gasteiger partial charge is 0.495 e. The summed E-state index contributed by atoms with van der Waals surface area (Å²) in [5, 5.41) is 2.87. The molecule has 2 amide bonds. The number of methoxy groups -OCH3 is 1. The van der Waals surface area contributed by atoms with Crippen molar-refractivity contribution in [1.29, 1.82) is 0 Å². The highest BCUT2D eigenvalue weighted by Crippen LogP contribution is 2.25. The highest BCUT2D eigenvalue weighted by molar-refractivity contribution is 7.90. The van der Waals surface area contributed by atoms with Gasteiger partial charge in [0.1, 0.15) is 10.6 Å². The highest BCUT2D eigenvalue weighted by Gasteiger charge is 2.22. The summed E-state index contributed by atoms with van der Waals surface area (Å²) in [6, 6.07) is 4.74. The number of sulfonamides is 1. The van der Waals surface area contributed by atoms with E-state index in [1.165, 1.54) is 37.6 Å². The minimum atomic E-state index is -4.15. The summed E-state index contributed by atoms with van der Waals surface area (Å²) >= 11 is 11.6. The molecule has 1 heterocycles. The summed E-state index contributed by atoms with van der Waals surface area (Å²) in [6.45, 7) is 0. The van der Waals surface area contributed by atoms with Crippen molar-refractivity contribution in [2.24, 2.45) is 0 Å². The first-order valence-electron chi connectivity index (χ1n) is 6.10. The van der Waals surface area contributed by atoms with E-state index in [9.17, 15) is 13.2 Å². The monoisotopic (exact) mass is 375 g/mol. The van der Waals surface area contributed by atoms with Crippen LogP contribution in [-0.4, -0.2) is 26.5 Å². The number of amides is 2. The molecular weight excluding hydrogens is 365 g/mol. The number of nitrogens with zero attached hydrogens (tertiary/aromatic N) is 1. The second kappa shape index (κ2) is 7.03. The number of halogens is 2. The van der Waals surface area contributed by atoms with Crippen molar-refractivity contribution in [1.82, 2.24) is 9.71 Å². The third-order valence-electron chi connectivity index (χ3n) is 2.66. The molecule has 0 unspecified atom stereocenters. The van der Waals surface area contributed by atoms with Gasteiger partial charge in [-0.2, -0.15) is 0 Å². The van der Waals surface area contributed by atoms with Gasteiger partial charge in [-0.15, -0.1) is 0 Å². The quantitative estimate of drug-likeness (QED) is 0.855. The number of urea groups is 1. The molecule has 0 spiro atoms. The summed E-state index contributed by atoms with van der Waals surface area (Å²) in [6.07, 6.45) is 2.45. The Morgan fingerprint density at radius 2 is 1.96 bits per heavy atom. The lowest BCUT2D eigenvalue weighted by Gasteiger charge is -2.11. The van der Waals surface area contributed by atoms with Crippen LogP contribution < -0.4 is 14.8 Å². The Morgan fingerprint density at radius 3 is 2.61 bits per heavy atom. The van der Waals surface area contributed by atoms with E-state index >= 15 is 0 Å². The van der Waals surface area contributed by atoms with Gasteiger partial charge < -0.3 is 10.1 Å². The molecule has 10 heteroatoms. The standard InChI is InChI=1S/C13H11Cl2N3O4S/c1-22-11-4-5-16-7-12(11)23(20,21)18-13(19)17-8-2-3-9(14)10(15)6-8/h2-7H,1H3,(H2,17,18,19). The number of ether oxygens (including phenoxy) is 1. The van der Waals surface area contributed by atoms with Crippen molar-refractivity contribution in [3.8, 4) is 5.75 Å². The molecule has 0 radical (unpaired) electrons. The molecule has 0 saturated carbocycles. The van der Waals surface area contributed by atoms with Gasteiger partial charge in [-0.25, -0.2) is 17.9 Å². The van der Waals surface area contributed by atoms with E-state index in [0.717, 1.165) is 6.20 Å². The molecule has 0 aliphatic carbocycles. The first kappa shape index (κ1) is 17.3. The van der Waals surface area contributed by atoms with Gasteiger partial charge in [0.05, 0.1) is 23.4 Å². The topological polar surface area (TPSA) is 97.4 Å². The lowest BCUT2D eigenvalue weighted by Crippen LogP contribution is -2.34. The molecule has 0 saturated heterocycles. The van der Waals surface area contributed by atoms with Crippen LogP contribution in [0.25, 0.3) is 0 Å². The predicted molar refractivity (Wildman–Crippen MR) is 86.6 cm³/mol. The Kier molecular flexibility index (Phi) is 5.30. The van der Waals surface area contributed by atoms with Crippen molar-refractivity contribution in [2.45, 2.75) is 4.90 Å². The molecule has 2 N–H and O–H groups in total. The van der Waals surface area contributed by atoms with E-state index in [4.69, 9.17) is 27.9 Å². The zero-order valence-electron chi connectivity index (χ0n) is 11.7. The van der Waals surface area contributed by atoms with Gasteiger partial charge in [-0.1, -0.05) is 23.2 Å². The molecule has 2 rings (SSSR count). The lowest BCUT2D eigenvalue weighted by molar-refractivity contribution is 0.256. The Balaban J connectivity index is 2.17. The molecule has 0 fully saturated rings. The van der Waals surface area contributed by atoms with Crippen molar-refractivity contribution in [2.75, 3.05) is 12.4 Å². The average molecular weight is 376 g/mol. The van der Waals surface area contributed by atoms with Crippen LogP contribution in [0.5, 0.6) is 5.75 Å². The van der Waals surface area contributed by atoms with Crippen LogP contribution in [0.2, 0.25) is 10.0 Å². The van der Waals surface area contributed by atoms with Crippen LogP contribution >= 0.6 is 23.2 Å². The maximum atomic E-state index is 12.2. The van der Waals surface area contributed by atoms with E-state index in [0.29, 0.717) is 5.02 Å². The Labute approximate surface area is 142 Å². The summed E-state index contributed by atoms with van der Waals surface area (Å²) in [5.74, 6) is 0.0647. The number of anilines is 1. The van der Waals surface area contributed by atoms with Crippen LogP contribution in [-0.2, 0) is 10.0 Å². The van der Waals surface area contributed by atoms with Gasteiger partial charge in [-0.3, -0.25) is 4.98 Å². The van der Waals surface area contributed by atoms with Crippen LogP contribution in [0.3, 0.4) is 0 Å². The zero-order valence-corrected chi connectivity index (χ0v) is 14.0. The van der Waals surface area contributed by atoms with Crippen molar-refractivity contribution in [3.05, 3.63) is 46.7 Å². The maximum absolute atomic E-state index is 12.2. The van der Waals surface area contributed by atoms with E-state index in [1.54, 1.807) is 0 Å². The molecule has 1 aromatic carbocycles. The summed E-state index contributed by atoms with van der Waals surface area (Å²) in [4.78, 5) is 15.3. The number of pyridine rings is 1. The molecule has 0 aliphatic heterocycles. The van der Waals surface area contributed by atoms with E-state index in [-0.39, 0.29) is 21.4 Å². The first-order chi connectivity index (χ1) is 10.8. The molecule has 1 aromatic heterocycles. The number of aromatic nitrogens is 1. The lowest BCUT2D eigenvalue weighted by atomic mass is 10.3. The van der Waals surface area contributed by atoms with Crippen LogP contribution in [0, 0.1) is 0 Å². The third kappa shape index (κ3) is 4.25. The Hall–Kier alpha value is -2.03. The molecule has 0 atom stereocenters. The molecule has 0 aliphatic rings. The number of rotatable bonds is 4. The van der Waals surface area contributed by atoms with Gasteiger partial charge in [0.2, 0.25) is 0 Å². The smallest absolute Gasteiger partial charge is 0.333 e. The minimum Gasteiger partial charge on any atom is -0.495 e. The fourth-order valence-corrected chi connectivity index (χ4v) is 2.96. The number of carbonyl (C=O) groups excluding carboxylic acids is 1. The second-order valence-corrected chi connectivity index (χ2v) is 6.68. The number of hydrogen-bond donors (Lipinski definition) is 2. The van der Waals surface area contributed by atoms with Crippen molar-refractivity contribution in [3.63, 3.8) is 0 Å². The van der Waals surface area contributed by atoms with Crippen molar-refractivity contribution < 1.29 is 17.9 Å². The zero-order chi connectivity index (χ0) is 17.0. The Bertz CT molecular complexity index is 843. The summed E-state index contributed by atoms with van der Waals surface area (Å²) in [7, 11) is -2.84. The molecular formula is C13H11Cl2N3O4S. The average Bonchev–Trinajstić information content (AvgIpc) is 2.50. The summed E-state index contributed by atoms with van der Waals surface area (Å²) in [5.41, 5.74) is 0.283. The molecule has 7 nitrogen and oxygen atoms in total.